The van der Waals surface area contributed by atoms with Gasteiger partial charge < -0.3 is 10.1 Å². The van der Waals surface area contributed by atoms with Crippen LogP contribution in [0.4, 0.5) is 0 Å². The van der Waals surface area contributed by atoms with Crippen LogP contribution in [0.25, 0.3) is 21.8 Å². The van der Waals surface area contributed by atoms with Gasteiger partial charge in [-0.25, -0.2) is 14.2 Å². The first kappa shape index (κ1) is 20.0. The van der Waals surface area contributed by atoms with Gasteiger partial charge in [-0.3, -0.25) is 4.79 Å². The molecule has 154 valence electrons. The standard InChI is InChI=1S/C22H21N3O4S/c1-4-17(21(27)28)25-20(26)14-6-5-13(9-15(14)23-22(25)29)10-18-19-12(3)7-11(2)8-16(19)24-30-18/h5-9,17H,4,10H2,1-3H3,(H,23,29)(H,27,28)/t17-/m1/s1. The molecule has 8 heteroatoms. The Labute approximate surface area is 175 Å². The van der Waals surface area contributed by atoms with Crippen molar-refractivity contribution in [3.63, 3.8) is 0 Å². The fourth-order valence-electron chi connectivity index (χ4n) is 3.98. The molecule has 0 radical (unpaired) electrons. The highest BCUT2D eigenvalue weighted by atomic mass is 32.1. The second kappa shape index (κ2) is 7.53. The fraction of sp³-hybridized carbons (Fsp3) is 0.273. The van der Waals surface area contributed by atoms with Crippen LogP contribution >= 0.6 is 11.5 Å². The van der Waals surface area contributed by atoms with Gasteiger partial charge in [0, 0.05) is 16.7 Å². The van der Waals surface area contributed by atoms with Crippen molar-refractivity contribution >= 4 is 39.3 Å². The van der Waals surface area contributed by atoms with E-state index in [1.165, 1.54) is 22.7 Å². The largest absolute Gasteiger partial charge is 0.480 e. The number of fused-ring (bicyclic) bond motifs is 2. The van der Waals surface area contributed by atoms with E-state index >= 15 is 0 Å². The van der Waals surface area contributed by atoms with E-state index in [4.69, 9.17) is 0 Å². The van der Waals surface area contributed by atoms with Crippen LogP contribution in [0.5, 0.6) is 0 Å². The van der Waals surface area contributed by atoms with Gasteiger partial charge in [-0.1, -0.05) is 19.1 Å². The fourth-order valence-corrected chi connectivity index (χ4v) is 4.92. The summed E-state index contributed by atoms with van der Waals surface area (Å²) in [5, 5.41) is 10.8. The Morgan fingerprint density at radius 1 is 1.23 bits per heavy atom. The highest BCUT2D eigenvalue weighted by molar-refractivity contribution is 7.07. The summed E-state index contributed by atoms with van der Waals surface area (Å²) in [5.74, 6) is -1.20. The number of nitrogens with zero attached hydrogens (tertiary/aromatic N) is 2. The maximum atomic E-state index is 12.8. The molecule has 7 nitrogen and oxygen atoms in total. The number of carbonyl (C=O) groups is 1. The summed E-state index contributed by atoms with van der Waals surface area (Å²) in [7, 11) is 0. The Bertz CT molecular complexity index is 1410. The summed E-state index contributed by atoms with van der Waals surface area (Å²) in [6, 6.07) is 8.26. The highest BCUT2D eigenvalue weighted by Gasteiger charge is 2.22. The van der Waals surface area contributed by atoms with E-state index in [1.807, 2.05) is 13.0 Å². The van der Waals surface area contributed by atoms with Crippen molar-refractivity contribution in [2.24, 2.45) is 0 Å². The molecule has 1 atom stereocenters. The van der Waals surface area contributed by atoms with Crippen molar-refractivity contribution in [3.8, 4) is 0 Å². The van der Waals surface area contributed by atoms with E-state index in [0.29, 0.717) is 17.3 Å². The molecule has 0 unspecified atom stereocenters. The van der Waals surface area contributed by atoms with Crippen molar-refractivity contribution in [3.05, 3.63) is 72.7 Å². The molecule has 0 aliphatic heterocycles. The molecular weight excluding hydrogens is 402 g/mol. The average molecular weight is 423 g/mol. The van der Waals surface area contributed by atoms with Crippen molar-refractivity contribution in [2.75, 3.05) is 0 Å². The number of H-pyrrole nitrogens is 1. The van der Waals surface area contributed by atoms with Crippen LogP contribution in [0.15, 0.2) is 39.9 Å². The number of aryl methyl sites for hydroxylation is 2. The Balaban J connectivity index is 1.79. The summed E-state index contributed by atoms with van der Waals surface area (Å²) in [6.45, 7) is 5.74. The van der Waals surface area contributed by atoms with Crippen molar-refractivity contribution in [1.29, 1.82) is 0 Å². The zero-order valence-electron chi connectivity index (χ0n) is 16.9. The molecule has 0 fully saturated rings. The monoisotopic (exact) mass is 423 g/mol. The van der Waals surface area contributed by atoms with E-state index in [2.05, 4.69) is 28.4 Å². The summed E-state index contributed by atoms with van der Waals surface area (Å²) >= 11 is 1.45. The third kappa shape index (κ3) is 3.33. The first-order chi connectivity index (χ1) is 14.3. The second-order valence-electron chi connectivity index (χ2n) is 7.51. The molecule has 4 rings (SSSR count). The van der Waals surface area contributed by atoms with Gasteiger partial charge in [0.1, 0.15) is 6.04 Å². The Morgan fingerprint density at radius 2 is 2.00 bits per heavy atom. The Kier molecular flexibility index (Phi) is 5.03. The van der Waals surface area contributed by atoms with Gasteiger partial charge in [0.2, 0.25) is 0 Å². The molecule has 0 aliphatic carbocycles. The van der Waals surface area contributed by atoms with Crippen LogP contribution in [0.2, 0.25) is 0 Å². The lowest BCUT2D eigenvalue weighted by Crippen LogP contribution is -2.40. The number of benzene rings is 2. The molecule has 0 saturated carbocycles. The summed E-state index contributed by atoms with van der Waals surface area (Å²) in [5.41, 5.74) is 3.35. The minimum absolute atomic E-state index is 0.138. The summed E-state index contributed by atoms with van der Waals surface area (Å²) in [4.78, 5) is 40.5. The van der Waals surface area contributed by atoms with Crippen LogP contribution < -0.4 is 11.2 Å². The predicted molar refractivity (Wildman–Crippen MR) is 118 cm³/mol. The smallest absolute Gasteiger partial charge is 0.329 e. The minimum atomic E-state index is -1.20. The van der Waals surface area contributed by atoms with Gasteiger partial charge in [0.15, 0.2) is 0 Å². The average Bonchev–Trinajstić information content (AvgIpc) is 3.07. The number of aromatic amines is 1. The van der Waals surface area contributed by atoms with Crippen LogP contribution in [-0.2, 0) is 11.2 Å². The van der Waals surface area contributed by atoms with E-state index in [0.717, 1.165) is 25.9 Å². The molecule has 0 aliphatic rings. The van der Waals surface area contributed by atoms with Crippen molar-refractivity contribution in [2.45, 2.75) is 39.7 Å². The van der Waals surface area contributed by atoms with E-state index < -0.39 is 23.3 Å². The topological polar surface area (TPSA) is 105 Å². The van der Waals surface area contributed by atoms with E-state index in [1.54, 1.807) is 19.1 Å². The van der Waals surface area contributed by atoms with Gasteiger partial charge in [0.25, 0.3) is 5.56 Å². The number of aliphatic carboxylic acids is 1. The van der Waals surface area contributed by atoms with Crippen LogP contribution in [-0.4, -0.2) is 25.0 Å². The van der Waals surface area contributed by atoms with E-state index in [-0.39, 0.29) is 6.42 Å². The molecule has 0 bridgehead atoms. The SMILES string of the molecule is CC[C@H](C(=O)O)n1c(=O)[nH]c2cc(Cc3snc4cc(C)cc(C)c34)ccc2c1=O. The lowest BCUT2D eigenvalue weighted by molar-refractivity contribution is -0.141. The molecule has 0 spiro atoms. The molecule has 2 aromatic carbocycles. The zero-order chi connectivity index (χ0) is 21.6. The number of hydrogen-bond acceptors (Lipinski definition) is 5. The third-order valence-corrected chi connectivity index (χ3v) is 6.19. The molecular formula is C22H21N3O4S. The number of hydrogen-bond donors (Lipinski definition) is 2. The molecule has 2 heterocycles. The van der Waals surface area contributed by atoms with Gasteiger partial charge in [-0.05, 0) is 66.7 Å². The second-order valence-corrected chi connectivity index (χ2v) is 8.36. The maximum absolute atomic E-state index is 12.8. The number of rotatable bonds is 5. The Hall–Kier alpha value is -3.26. The number of nitrogens with one attached hydrogen (secondary N) is 1. The van der Waals surface area contributed by atoms with Crippen LogP contribution in [0.3, 0.4) is 0 Å². The molecule has 30 heavy (non-hydrogen) atoms. The van der Waals surface area contributed by atoms with Crippen molar-refractivity contribution < 1.29 is 9.90 Å². The van der Waals surface area contributed by atoms with Gasteiger partial charge in [-0.15, -0.1) is 0 Å². The Morgan fingerprint density at radius 3 is 2.70 bits per heavy atom. The minimum Gasteiger partial charge on any atom is -0.480 e. The number of carboxylic acids is 1. The molecule has 2 aromatic heterocycles. The lowest BCUT2D eigenvalue weighted by atomic mass is 10.0. The molecule has 0 saturated heterocycles. The first-order valence-electron chi connectivity index (χ1n) is 9.66. The zero-order valence-corrected chi connectivity index (χ0v) is 17.7. The van der Waals surface area contributed by atoms with Crippen LogP contribution in [0, 0.1) is 13.8 Å². The highest BCUT2D eigenvalue weighted by Crippen LogP contribution is 2.29. The summed E-state index contributed by atoms with van der Waals surface area (Å²) in [6.07, 6.45) is 0.762. The molecule has 0 amide bonds. The normalized spacial score (nSPS) is 12.5. The third-order valence-electron chi connectivity index (χ3n) is 5.33. The number of aromatic nitrogens is 3. The molecule has 4 aromatic rings. The van der Waals surface area contributed by atoms with Gasteiger partial charge in [0.05, 0.1) is 16.4 Å². The van der Waals surface area contributed by atoms with E-state index in [9.17, 15) is 19.5 Å². The first-order valence-corrected chi connectivity index (χ1v) is 10.4. The lowest BCUT2D eigenvalue weighted by Gasteiger charge is -2.13. The molecule has 2 N–H and O–H groups in total. The van der Waals surface area contributed by atoms with Gasteiger partial charge >= 0.3 is 11.7 Å². The predicted octanol–water partition coefficient (Wildman–Crippen LogP) is 3.54. The summed E-state index contributed by atoms with van der Waals surface area (Å²) < 4.78 is 5.34. The quantitative estimate of drug-likeness (QED) is 0.511. The van der Waals surface area contributed by atoms with Gasteiger partial charge in [-0.2, -0.15) is 4.37 Å². The maximum Gasteiger partial charge on any atom is 0.329 e. The van der Waals surface area contributed by atoms with Crippen LogP contribution in [0.1, 0.15) is 41.0 Å². The number of carboxylic acid groups (broad SMARTS) is 1. The van der Waals surface area contributed by atoms with Crippen molar-refractivity contribution in [1.82, 2.24) is 13.9 Å².